The molecule has 1 atom stereocenters. The van der Waals surface area contributed by atoms with E-state index in [-0.39, 0.29) is 39.5 Å². The van der Waals surface area contributed by atoms with Crippen LogP contribution in [0.15, 0.2) is 77.7 Å². The lowest BCUT2D eigenvalue weighted by atomic mass is 10.1. The summed E-state index contributed by atoms with van der Waals surface area (Å²) in [5, 5.41) is 5.57. The van der Waals surface area contributed by atoms with Crippen molar-refractivity contribution < 1.29 is 27.5 Å². The monoisotopic (exact) mass is 525 g/mol. The molecule has 3 rings (SSSR count). The van der Waals surface area contributed by atoms with Gasteiger partial charge in [-0.15, -0.1) is 0 Å². The summed E-state index contributed by atoms with van der Waals surface area (Å²) in [5.74, 6) is -0.361. The number of carbonyl (C=O) groups excluding carboxylic acids is 2. The number of hydrogen-bond donors (Lipinski definition) is 2. The molecule has 3 aromatic rings. The van der Waals surface area contributed by atoms with Crippen LogP contribution >= 0.6 is 0 Å². The minimum Gasteiger partial charge on any atom is -0.497 e. The van der Waals surface area contributed by atoms with E-state index >= 15 is 0 Å². The Morgan fingerprint density at radius 2 is 1.62 bits per heavy atom. The number of rotatable bonds is 11. The number of hydrogen-bond acceptors (Lipinski definition) is 6. The zero-order valence-corrected chi connectivity index (χ0v) is 22.0. The van der Waals surface area contributed by atoms with Crippen LogP contribution in [0.5, 0.6) is 11.5 Å². The standard InChI is InChI=1S/C27H31N3O6S/c1-5-19(2)28-27(32)22-13-9-10-14-23(22)29-26(31)18-30(37(33,34)21-11-7-6-8-12-21)24-17-20(35-3)15-16-25(24)36-4/h6-17,19H,5,18H2,1-4H3,(H,28,32)(H,29,31)/t19-/m0/s1. The number of nitrogens with one attached hydrogen (secondary N) is 2. The van der Waals surface area contributed by atoms with E-state index in [0.717, 1.165) is 10.7 Å². The zero-order chi connectivity index (χ0) is 27.0. The van der Waals surface area contributed by atoms with E-state index in [1.165, 1.54) is 32.4 Å². The highest BCUT2D eigenvalue weighted by atomic mass is 32.2. The van der Waals surface area contributed by atoms with Gasteiger partial charge in [-0.2, -0.15) is 0 Å². The van der Waals surface area contributed by atoms with Crippen molar-refractivity contribution >= 4 is 33.2 Å². The van der Waals surface area contributed by atoms with Crippen LogP contribution in [0.25, 0.3) is 0 Å². The van der Waals surface area contributed by atoms with Gasteiger partial charge in [-0.25, -0.2) is 8.42 Å². The van der Waals surface area contributed by atoms with Gasteiger partial charge in [0.2, 0.25) is 5.91 Å². The molecule has 0 heterocycles. The third-order valence-corrected chi connectivity index (χ3v) is 7.48. The van der Waals surface area contributed by atoms with Crippen molar-refractivity contribution in [1.29, 1.82) is 0 Å². The number of sulfonamides is 1. The topological polar surface area (TPSA) is 114 Å². The second-order valence-corrected chi connectivity index (χ2v) is 10.1. The summed E-state index contributed by atoms with van der Waals surface area (Å²) in [6.07, 6.45) is 0.745. The molecule has 0 aliphatic heterocycles. The maximum Gasteiger partial charge on any atom is 0.264 e. The summed E-state index contributed by atoms with van der Waals surface area (Å²) in [4.78, 5) is 26.0. The Hall–Kier alpha value is -4.05. The summed E-state index contributed by atoms with van der Waals surface area (Å²) < 4.78 is 39.1. The largest absolute Gasteiger partial charge is 0.497 e. The summed E-state index contributed by atoms with van der Waals surface area (Å²) in [6.45, 7) is 3.25. The molecule has 0 aromatic heterocycles. The normalized spacial score (nSPS) is 11.8. The van der Waals surface area contributed by atoms with Gasteiger partial charge in [-0.1, -0.05) is 37.3 Å². The first kappa shape index (κ1) is 27.5. The molecule has 0 aliphatic rings. The van der Waals surface area contributed by atoms with Crippen LogP contribution in [0.3, 0.4) is 0 Å². The highest BCUT2D eigenvalue weighted by Crippen LogP contribution is 2.35. The van der Waals surface area contributed by atoms with Gasteiger partial charge in [0.15, 0.2) is 0 Å². The van der Waals surface area contributed by atoms with Crippen molar-refractivity contribution in [3.8, 4) is 11.5 Å². The van der Waals surface area contributed by atoms with Gasteiger partial charge in [-0.3, -0.25) is 13.9 Å². The Balaban J connectivity index is 1.99. The summed E-state index contributed by atoms with van der Waals surface area (Å²) in [6, 6.07) is 19.0. The van der Waals surface area contributed by atoms with Crippen molar-refractivity contribution in [1.82, 2.24) is 5.32 Å². The summed E-state index contributed by atoms with van der Waals surface area (Å²) >= 11 is 0. The van der Waals surface area contributed by atoms with Gasteiger partial charge in [0, 0.05) is 12.1 Å². The van der Waals surface area contributed by atoms with E-state index in [2.05, 4.69) is 10.6 Å². The minimum absolute atomic E-state index is 0.000930. The molecule has 2 N–H and O–H groups in total. The molecule has 0 saturated carbocycles. The van der Waals surface area contributed by atoms with Crippen molar-refractivity contribution in [3.63, 3.8) is 0 Å². The van der Waals surface area contributed by atoms with E-state index in [9.17, 15) is 18.0 Å². The number of amides is 2. The molecule has 0 bridgehead atoms. The van der Waals surface area contributed by atoms with Crippen LogP contribution < -0.4 is 24.4 Å². The first-order valence-electron chi connectivity index (χ1n) is 11.7. The average molecular weight is 526 g/mol. The van der Waals surface area contributed by atoms with Crippen molar-refractivity contribution in [2.75, 3.05) is 30.4 Å². The molecule has 0 fully saturated rings. The van der Waals surface area contributed by atoms with Crippen LogP contribution in [0.1, 0.15) is 30.6 Å². The predicted octanol–water partition coefficient (Wildman–Crippen LogP) is 4.07. The molecule has 9 nitrogen and oxygen atoms in total. The Morgan fingerprint density at radius 3 is 2.27 bits per heavy atom. The lowest BCUT2D eigenvalue weighted by Crippen LogP contribution is -2.39. The second kappa shape index (κ2) is 12.3. The number of benzene rings is 3. The predicted molar refractivity (Wildman–Crippen MR) is 143 cm³/mol. The minimum atomic E-state index is -4.19. The molecule has 196 valence electrons. The van der Waals surface area contributed by atoms with Gasteiger partial charge < -0.3 is 20.1 Å². The Kier molecular flexibility index (Phi) is 9.13. The summed E-state index contributed by atoms with van der Waals surface area (Å²) in [5.41, 5.74) is 0.666. The molecule has 0 spiro atoms. The maximum absolute atomic E-state index is 13.7. The van der Waals surface area contributed by atoms with Crippen LogP contribution in [0.2, 0.25) is 0 Å². The first-order valence-corrected chi connectivity index (χ1v) is 13.1. The van der Waals surface area contributed by atoms with E-state index in [4.69, 9.17) is 9.47 Å². The fourth-order valence-corrected chi connectivity index (χ4v) is 4.97. The number of carbonyl (C=O) groups is 2. The second-order valence-electron chi connectivity index (χ2n) is 8.24. The maximum atomic E-state index is 13.7. The molecule has 0 aliphatic carbocycles. The smallest absolute Gasteiger partial charge is 0.264 e. The van der Waals surface area contributed by atoms with Gasteiger partial charge in [0.05, 0.1) is 36.1 Å². The number of nitrogens with zero attached hydrogens (tertiary/aromatic N) is 1. The molecule has 3 aromatic carbocycles. The van der Waals surface area contributed by atoms with E-state index in [1.807, 2.05) is 13.8 Å². The molecule has 0 unspecified atom stereocenters. The fraction of sp³-hybridized carbons (Fsp3) is 0.259. The van der Waals surface area contributed by atoms with E-state index in [0.29, 0.717) is 5.75 Å². The lowest BCUT2D eigenvalue weighted by molar-refractivity contribution is -0.114. The first-order chi connectivity index (χ1) is 17.7. The van der Waals surface area contributed by atoms with Crippen molar-refractivity contribution in [3.05, 3.63) is 78.4 Å². The number of methoxy groups -OCH3 is 2. The number of para-hydroxylation sites is 1. The number of ether oxygens (including phenoxy) is 2. The SMILES string of the molecule is CC[C@H](C)NC(=O)c1ccccc1NC(=O)CN(c1cc(OC)ccc1OC)S(=O)(=O)c1ccccc1. The molecule has 10 heteroatoms. The molecule has 0 radical (unpaired) electrons. The van der Waals surface area contributed by atoms with Crippen LogP contribution in [-0.4, -0.2) is 47.0 Å². The van der Waals surface area contributed by atoms with E-state index in [1.54, 1.807) is 54.6 Å². The van der Waals surface area contributed by atoms with Gasteiger partial charge in [0.1, 0.15) is 18.0 Å². The molecular weight excluding hydrogens is 494 g/mol. The quantitative estimate of drug-likeness (QED) is 0.390. The lowest BCUT2D eigenvalue weighted by Gasteiger charge is -2.26. The Bertz CT molecular complexity index is 1350. The van der Waals surface area contributed by atoms with Crippen LogP contribution in [0, 0.1) is 0 Å². The Labute approximate surface area is 217 Å². The Morgan fingerprint density at radius 1 is 0.946 bits per heavy atom. The number of anilines is 2. The molecule has 2 amide bonds. The van der Waals surface area contributed by atoms with Crippen molar-refractivity contribution in [2.24, 2.45) is 0 Å². The van der Waals surface area contributed by atoms with Gasteiger partial charge in [-0.05, 0) is 49.7 Å². The van der Waals surface area contributed by atoms with Crippen molar-refractivity contribution in [2.45, 2.75) is 31.2 Å². The highest BCUT2D eigenvalue weighted by molar-refractivity contribution is 7.92. The van der Waals surface area contributed by atoms with Gasteiger partial charge >= 0.3 is 0 Å². The molecular formula is C27H31N3O6S. The van der Waals surface area contributed by atoms with Gasteiger partial charge in [0.25, 0.3) is 15.9 Å². The summed E-state index contributed by atoms with van der Waals surface area (Å²) in [7, 11) is -1.33. The third kappa shape index (κ3) is 6.59. The highest BCUT2D eigenvalue weighted by Gasteiger charge is 2.30. The fourth-order valence-electron chi connectivity index (χ4n) is 3.52. The van der Waals surface area contributed by atoms with E-state index < -0.39 is 22.5 Å². The third-order valence-electron chi connectivity index (χ3n) is 5.71. The molecule has 0 saturated heterocycles. The zero-order valence-electron chi connectivity index (χ0n) is 21.2. The molecule has 37 heavy (non-hydrogen) atoms. The van der Waals surface area contributed by atoms with Crippen LogP contribution in [-0.2, 0) is 14.8 Å². The average Bonchev–Trinajstić information content (AvgIpc) is 2.91. The van der Waals surface area contributed by atoms with Crippen LogP contribution in [0.4, 0.5) is 11.4 Å².